The van der Waals surface area contributed by atoms with Crippen LogP contribution in [-0.4, -0.2) is 19.0 Å². The van der Waals surface area contributed by atoms with E-state index >= 15 is 0 Å². The summed E-state index contributed by atoms with van der Waals surface area (Å²) in [6.45, 7) is 1.58. The Morgan fingerprint density at radius 1 is 1.25 bits per heavy atom. The maximum Gasteiger partial charge on any atom is 0.119 e. The van der Waals surface area contributed by atoms with E-state index < -0.39 is 0 Å². The molecular formula is C12H17N3O. The number of nitrogens with zero attached hydrogens (tertiary/aromatic N) is 1. The molecule has 1 aromatic rings. The van der Waals surface area contributed by atoms with Gasteiger partial charge in [0, 0.05) is 19.1 Å². The smallest absolute Gasteiger partial charge is 0.119 e. The van der Waals surface area contributed by atoms with Gasteiger partial charge >= 0.3 is 0 Å². The van der Waals surface area contributed by atoms with E-state index in [1.165, 1.54) is 0 Å². The molecule has 0 aromatic heterocycles. The van der Waals surface area contributed by atoms with Crippen molar-refractivity contribution in [2.75, 3.05) is 13.2 Å². The number of rotatable bonds is 2. The topological polar surface area (TPSA) is 59.6 Å². The van der Waals surface area contributed by atoms with E-state index in [2.05, 4.69) is 10.4 Å². The fourth-order valence-electron chi connectivity index (χ4n) is 1.85. The third-order valence-electron chi connectivity index (χ3n) is 2.76. The first-order valence-electron chi connectivity index (χ1n) is 5.58. The summed E-state index contributed by atoms with van der Waals surface area (Å²) in [5.41, 5.74) is 3.65. The molecule has 0 amide bonds. The summed E-state index contributed by atoms with van der Waals surface area (Å²) < 4.78 is 5.32. The van der Waals surface area contributed by atoms with E-state index in [9.17, 15) is 0 Å². The van der Waals surface area contributed by atoms with Crippen molar-refractivity contribution in [3.8, 4) is 0 Å². The highest BCUT2D eigenvalue weighted by Crippen LogP contribution is 2.18. The number of benzene rings is 1. The lowest BCUT2D eigenvalue weighted by Gasteiger charge is -2.23. The standard InChI is InChI=1S/C12H17N3O/c13-15-12(10-6-8-16-9-7-10)14-11-4-2-1-3-5-11/h1-5,10H,6-9,13H2,(H,14,15). The molecule has 0 saturated carbocycles. The average Bonchev–Trinajstić information content (AvgIpc) is 2.38. The monoisotopic (exact) mass is 219 g/mol. The molecule has 1 heterocycles. The van der Waals surface area contributed by atoms with Gasteiger partial charge in [0.15, 0.2) is 0 Å². The molecule has 2 rings (SSSR count). The van der Waals surface area contributed by atoms with Gasteiger partial charge in [0.05, 0.1) is 5.69 Å². The van der Waals surface area contributed by atoms with Crippen molar-refractivity contribution in [1.29, 1.82) is 0 Å². The quantitative estimate of drug-likeness (QED) is 0.344. The van der Waals surface area contributed by atoms with Crippen molar-refractivity contribution in [1.82, 2.24) is 5.43 Å². The predicted molar refractivity (Wildman–Crippen MR) is 64.4 cm³/mol. The number of hydrogen-bond donors (Lipinski definition) is 2. The zero-order chi connectivity index (χ0) is 11.2. The van der Waals surface area contributed by atoms with Gasteiger partial charge in [0.2, 0.25) is 0 Å². The van der Waals surface area contributed by atoms with Gasteiger partial charge in [-0.25, -0.2) is 10.8 Å². The minimum absolute atomic E-state index is 0.388. The van der Waals surface area contributed by atoms with Crippen molar-refractivity contribution < 1.29 is 4.74 Å². The minimum atomic E-state index is 0.388. The first kappa shape index (κ1) is 11.1. The van der Waals surface area contributed by atoms with Crippen molar-refractivity contribution >= 4 is 11.5 Å². The molecule has 0 unspecified atom stereocenters. The van der Waals surface area contributed by atoms with Gasteiger partial charge in [0.1, 0.15) is 5.84 Å². The lowest BCUT2D eigenvalue weighted by atomic mass is 9.99. The summed E-state index contributed by atoms with van der Waals surface area (Å²) in [6.07, 6.45) is 1.96. The van der Waals surface area contributed by atoms with Crippen molar-refractivity contribution in [3.63, 3.8) is 0 Å². The second kappa shape index (κ2) is 5.63. The number of ether oxygens (including phenoxy) is 1. The molecule has 1 aliphatic rings. The Kier molecular flexibility index (Phi) is 3.91. The Morgan fingerprint density at radius 3 is 2.56 bits per heavy atom. The largest absolute Gasteiger partial charge is 0.381 e. The first-order valence-corrected chi connectivity index (χ1v) is 5.58. The zero-order valence-electron chi connectivity index (χ0n) is 9.23. The average molecular weight is 219 g/mol. The van der Waals surface area contributed by atoms with Crippen molar-refractivity contribution in [2.45, 2.75) is 12.8 Å². The van der Waals surface area contributed by atoms with E-state index in [1.807, 2.05) is 30.3 Å². The molecule has 4 heteroatoms. The second-order valence-electron chi connectivity index (χ2n) is 3.86. The Bertz CT molecular complexity index is 345. The second-order valence-corrected chi connectivity index (χ2v) is 3.86. The third-order valence-corrected chi connectivity index (χ3v) is 2.76. The van der Waals surface area contributed by atoms with Gasteiger partial charge in [-0.3, -0.25) is 0 Å². The highest BCUT2D eigenvalue weighted by atomic mass is 16.5. The summed E-state index contributed by atoms with van der Waals surface area (Å²) in [5.74, 6) is 6.77. The van der Waals surface area contributed by atoms with Crippen LogP contribution in [0, 0.1) is 5.92 Å². The number of para-hydroxylation sites is 1. The summed E-state index contributed by atoms with van der Waals surface area (Å²) >= 11 is 0. The molecule has 16 heavy (non-hydrogen) atoms. The van der Waals surface area contributed by atoms with Crippen LogP contribution in [-0.2, 0) is 4.74 Å². The van der Waals surface area contributed by atoms with Crippen molar-refractivity contribution in [3.05, 3.63) is 30.3 Å². The fraction of sp³-hybridized carbons (Fsp3) is 0.417. The number of nitrogens with one attached hydrogen (secondary N) is 1. The first-order chi connectivity index (χ1) is 7.90. The predicted octanol–water partition coefficient (Wildman–Crippen LogP) is 1.61. The van der Waals surface area contributed by atoms with Crippen LogP contribution in [0.4, 0.5) is 5.69 Å². The van der Waals surface area contributed by atoms with E-state index in [0.29, 0.717) is 5.92 Å². The molecule has 0 bridgehead atoms. The molecule has 0 radical (unpaired) electrons. The number of nitrogens with two attached hydrogens (primary N) is 1. The SMILES string of the molecule is NNC(=Nc1ccccc1)C1CCOCC1. The molecule has 1 aliphatic heterocycles. The van der Waals surface area contributed by atoms with Gasteiger partial charge in [-0.05, 0) is 25.0 Å². The molecule has 0 atom stereocenters. The third kappa shape index (κ3) is 2.81. The van der Waals surface area contributed by atoms with E-state index in [0.717, 1.165) is 37.6 Å². The fourth-order valence-corrected chi connectivity index (χ4v) is 1.85. The van der Waals surface area contributed by atoms with Crippen LogP contribution in [0.3, 0.4) is 0 Å². The molecule has 86 valence electrons. The Hall–Kier alpha value is -1.39. The summed E-state index contributed by atoms with van der Waals surface area (Å²) in [4.78, 5) is 4.53. The molecule has 3 N–H and O–H groups in total. The number of hydrogen-bond acceptors (Lipinski definition) is 3. The summed E-state index contributed by atoms with van der Waals surface area (Å²) in [5, 5.41) is 0. The van der Waals surface area contributed by atoms with Crippen LogP contribution in [0.5, 0.6) is 0 Å². The van der Waals surface area contributed by atoms with Crippen LogP contribution in [0.2, 0.25) is 0 Å². The minimum Gasteiger partial charge on any atom is -0.381 e. The van der Waals surface area contributed by atoms with Crippen molar-refractivity contribution in [2.24, 2.45) is 16.8 Å². The maximum atomic E-state index is 5.53. The number of hydrazine groups is 1. The van der Waals surface area contributed by atoms with Gasteiger partial charge in [-0.15, -0.1) is 0 Å². The van der Waals surface area contributed by atoms with Gasteiger partial charge in [0.25, 0.3) is 0 Å². The van der Waals surface area contributed by atoms with E-state index in [4.69, 9.17) is 10.6 Å². The molecule has 0 aliphatic carbocycles. The molecule has 1 fully saturated rings. The van der Waals surface area contributed by atoms with Crippen LogP contribution in [0.1, 0.15) is 12.8 Å². The molecule has 1 saturated heterocycles. The highest BCUT2D eigenvalue weighted by Gasteiger charge is 2.18. The van der Waals surface area contributed by atoms with Crippen LogP contribution >= 0.6 is 0 Å². The Labute approximate surface area is 95.5 Å². The molecule has 4 nitrogen and oxygen atoms in total. The molecular weight excluding hydrogens is 202 g/mol. The van der Waals surface area contributed by atoms with Crippen LogP contribution in [0.15, 0.2) is 35.3 Å². The number of aliphatic imine (C=N–C) groups is 1. The van der Waals surface area contributed by atoms with E-state index in [1.54, 1.807) is 0 Å². The van der Waals surface area contributed by atoms with Gasteiger partial charge < -0.3 is 10.2 Å². The van der Waals surface area contributed by atoms with Crippen LogP contribution < -0.4 is 11.3 Å². The molecule has 0 spiro atoms. The highest BCUT2D eigenvalue weighted by molar-refractivity contribution is 5.86. The lowest BCUT2D eigenvalue weighted by Crippen LogP contribution is -2.38. The van der Waals surface area contributed by atoms with Gasteiger partial charge in [-0.2, -0.15) is 0 Å². The summed E-state index contributed by atoms with van der Waals surface area (Å²) in [7, 11) is 0. The summed E-state index contributed by atoms with van der Waals surface area (Å²) in [6, 6.07) is 9.85. The zero-order valence-corrected chi connectivity index (χ0v) is 9.23. The maximum absolute atomic E-state index is 5.53. The number of amidine groups is 1. The van der Waals surface area contributed by atoms with E-state index in [-0.39, 0.29) is 0 Å². The van der Waals surface area contributed by atoms with Gasteiger partial charge in [-0.1, -0.05) is 18.2 Å². The lowest BCUT2D eigenvalue weighted by molar-refractivity contribution is 0.0820. The van der Waals surface area contributed by atoms with Crippen LogP contribution in [0.25, 0.3) is 0 Å². The Morgan fingerprint density at radius 2 is 1.94 bits per heavy atom. The normalized spacial score (nSPS) is 18.4. The Balaban J connectivity index is 2.12. The molecule has 1 aromatic carbocycles.